The zero-order chi connectivity index (χ0) is 24.2. The molecule has 0 amide bonds. The zero-order valence-electron chi connectivity index (χ0n) is 20.0. The Bertz CT molecular complexity index is 1350. The summed E-state index contributed by atoms with van der Waals surface area (Å²) in [4.78, 5) is 12.7. The maximum absolute atomic E-state index is 13.6. The van der Waals surface area contributed by atoms with Crippen LogP contribution in [0.5, 0.6) is 5.75 Å². The SMILES string of the molecule is COc1cc(/C=C2\CC3(CSC3)CN3C2=NOC3(C)c2ccc(F)cc2)ccc1-n1cnc(C)c1. The molecule has 1 unspecified atom stereocenters. The lowest BCUT2D eigenvalue weighted by Crippen LogP contribution is -2.57. The molecular formula is C27H27FN4O2S. The number of nitrogens with zero attached hydrogens (tertiary/aromatic N) is 4. The number of fused-ring (bicyclic) bond motifs is 1. The van der Waals surface area contributed by atoms with Crippen molar-refractivity contribution in [3.05, 3.63) is 83.2 Å². The minimum Gasteiger partial charge on any atom is -0.495 e. The molecule has 0 aliphatic carbocycles. The van der Waals surface area contributed by atoms with E-state index < -0.39 is 5.72 Å². The molecule has 3 aromatic rings. The summed E-state index contributed by atoms with van der Waals surface area (Å²) in [5.74, 6) is 3.59. The molecule has 4 heterocycles. The Balaban J connectivity index is 1.37. The molecule has 1 aromatic heterocycles. The number of amidine groups is 1. The second-order valence-electron chi connectivity index (χ2n) is 9.77. The number of hydrogen-bond acceptors (Lipinski definition) is 6. The molecular weight excluding hydrogens is 463 g/mol. The van der Waals surface area contributed by atoms with E-state index in [2.05, 4.69) is 33.2 Å². The van der Waals surface area contributed by atoms with Crippen LogP contribution in [0.15, 0.2) is 65.7 Å². The lowest BCUT2D eigenvalue weighted by molar-refractivity contribution is -0.100. The highest BCUT2D eigenvalue weighted by Crippen LogP contribution is 2.51. The third-order valence-corrected chi connectivity index (χ3v) is 8.79. The maximum atomic E-state index is 13.6. The minimum absolute atomic E-state index is 0.183. The van der Waals surface area contributed by atoms with Gasteiger partial charge in [0.15, 0.2) is 5.84 Å². The minimum atomic E-state index is -0.767. The standard InChI is InChI=1S/C27H27FN4O2S/c1-18-13-31(17-29-18)23-9-4-19(11-24(23)33-3)10-20-12-27(15-35-16-27)14-32-25(20)30-34-26(32,2)21-5-7-22(28)8-6-21/h4-11,13,17H,12,14-16H2,1-3H3/b20-10+. The first-order chi connectivity index (χ1) is 16.9. The first kappa shape index (κ1) is 22.2. The van der Waals surface area contributed by atoms with Crippen molar-refractivity contribution in [3.8, 4) is 11.4 Å². The van der Waals surface area contributed by atoms with E-state index in [0.717, 1.165) is 64.1 Å². The summed E-state index contributed by atoms with van der Waals surface area (Å²) in [7, 11) is 1.69. The van der Waals surface area contributed by atoms with E-state index in [1.165, 1.54) is 12.1 Å². The second-order valence-corrected chi connectivity index (χ2v) is 10.8. The molecule has 1 atom stereocenters. The van der Waals surface area contributed by atoms with Crippen molar-refractivity contribution in [2.24, 2.45) is 10.6 Å². The average molecular weight is 491 g/mol. The fourth-order valence-corrected chi connectivity index (χ4v) is 6.35. The molecule has 35 heavy (non-hydrogen) atoms. The fraction of sp³-hybridized carbons (Fsp3) is 0.333. The van der Waals surface area contributed by atoms with Crippen molar-refractivity contribution in [2.75, 3.05) is 25.2 Å². The number of benzene rings is 2. The van der Waals surface area contributed by atoms with E-state index in [-0.39, 0.29) is 11.2 Å². The Hall–Kier alpha value is -3.26. The van der Waals surface area contributed by atoms with Gasteiger partial charge in [-0.3, -0.25) is 0 Å². The number of aryl methyl sites for hydroxylation is 1. The van der Waals surface area contributed by atoms with Gasteiger partial charge in [-0.15, -0.1) is 0 Å². The summed E-state index contributed by atoms with van der Waals surface area (Å²) in [6.45, 7) is 4.85. The number of imidazole rings is 1. The van der Waals surface area contributed by atoms with Crippen molar-refractivity contribution in [2.45, 2.75) is 26.0 Å². The zero-order valence-corrected chi connectivity index (χ0v) is 20.8. The highest BCUT2D eigenvalue weighted by molar-refractivity contribution is 8.00. The third-order valence-electron chi connectivity index (χ3n) is 7.16. The van der Waals surface area contributed by atoms with Gasteiger partial charge in [0.2, 0.25) is 5.72 Å². The van der Waals surface area contributed by atoms with Crippen LogP contribution in [-0.4, -0.2) is 45.4 Å². The van der Waals surface area contributed by atoms with Crippen molar-refractivity contribution >= 4 is 23.7 Å². The van der Waals surface area contributed by atoms with Crippen molar-refractivity contribution < 1.29 is 14.0 Å². The molecule has 1 spiro atoms. The summed E-state index contributed by atoms with van der Waals surface area (Å²) in [6.07, 6.45) is 6.92. The van der Waals surface area contributed by atoms with Crippen LogP contribution in [0.25, 0.3) is 11.8 Å². The van der Waals surface area contributed by atoms with Crippen molar-refractivity contribution in [3.63, 3.8) is 0 Å². The molecule has 3 aliphatic heterocycles. The van der Waals surface area contributed by atoms with E-state index in [9.17, 15) is 4.39 Å². The van der Waals surface area contributed by atoms with Crippen molar-refractivity contribution in [1.82, 2.24) is 14.5 Å². The van der Waals surface area contributed by atoms with E-state index in [1.54, 1.807) is 25.6 Å². The molecule has 0 saturated carbocycles. The number of rotatable bonds is 4. The van der Waals surface area contributed by atoms with Gasteiger partial charge in [0.1, 0.15) is 11.6 Å². The number of methoxy groups -OCH3 is 1. The van der Waals surface area contributed by atoms with E-state index in [1.807, 2.05) is 42.4 Å². The normalized spacial score (nSPS) is 23.6. The molecule has 0 radical (unpaired) electrons. The van der Waals surface area contributed by atoms with Crippen LogP contribution in [0.1, 0.15) is 30.2 Å². The van der Waals surface area contributed by atoms with Gasteiger partial charge in [0, 0.05) is 42.1 Å². The highest BCUT2D eigenvalue weighted by Gasteiger charge is 2.54. The van der Waals surface area contributed by atoms with Gasteiger partial charge in [-0.25, -0.2) is 9.37 Å². The summed E-state index contributed by atoms with van der Waals surface area (Å²) in [5, 5.41) is 4.55. The molecule has 6 nitrogen and oxygen atoms in total. The van der Waals surface area contributed by atoms with E-state index >= 15 is 0 Å². The number of ether oxygens (including phenoxy) is 1. The molecule has 6 rings (SSSR count). The summed E-state index contributed by atoms with van der Waals surface area (Å²) >= 11 is 1.98. The van der Waals surface area contributed by atoms with Gasteiger partial charge in [-0.1, -0.05) is 23.4 Å². The summed E-state index contributed by atoms with van der Waals surface area (Å²) in [5.41, 5.74) is 4.39. The molecule has 0 N–H and O–H groups in total. The van der Waals surface area contributed by atoms with E-state index in [4.69, 9.17) is 9.57 Å². The van der Waals surface area contributed by atoms with Gasteiger partial charge >= 0.3 is 0 Å². The first-order valence-electron chi connectivity index (χ1n) is 11.7. The van der Waals surface area contributed by atoms with Gasteiger partial charge in [0.25, 0.3) is 0 Å². The van der Waals surface area contributed by atoms with E-state index in [0.29, 0.717) is 0 Å². The lowest BCUT2D eigenvalue weighted by Gasteiger charge is -2.51. The molecule has 2 saturated heterocycles. The van der Waals surface area contributed by atoms with Crippen molar-refractivity contribution in [1.29, 1.82) is 0 Å². The highest BCUT2D eigenvalue weighted by atomic mass is 32.2. The van der Waals surface area contributed by atoms with Gasteiger partial charge < -0.3 is 19.0 Å². The quantitative estimate of drug-likeness (QED) is 0.492. The first-order valence-corrected chi connectivity index (χ1v) is 12.8. The van der Waals surface area contributed by atoms with Crippen LogP contribution >= 0.6 is 11.8 Å². The summed E-state index contributed by atoms with van der Waals surface area (Å²) in [6, 6.07) is 12.7. The predicted octanol–water partition coefficient (Wildman–Crippen LogP) is 5.37. The Morgan fingerprint density at radius 3 is 2.63 bits per heavy atom. The Morgan fingerprint density at radius 1 is 1.17 bits per heavy atom. The predicted molar refractivity (Wildman–Crippen MR) is 136 cm³/mol. The monoisotopic (exact) mass is 490 g/mol. The van der Waals surface area contributed by atoms with Crippen LogP contribution in [-0.2, 0) is 10.6 Å². The van der Waals surface area contributed by atoms with Crippen LogP contribution in [0.3, 0.4) is 0 Å². The lowest BCUT2D eigenvalue weighted by atomic mass is 9.78. The molecule has 2 fully saturated rings. The van der Waals surface area contributed by atoms with Gasteiger partial charge in [0.05, 0.1) is 24.8 Å². The maximum Gasteiger partial charge on any atom is 0.234 e. The number of oxime groups is 1. The van der Waals surface area contributed by atoms with Gasteiger partial charge in [-0.2, -0.15) is 11.8 Å². The van der Waals surface area contributed by atoms with Crippen LogP contribution in [0, 0.1) is 18.2 Å². The second kappa shape index (κ2) is 8.16. The Kier molecular flexibility index (Phi) is 5.18. The largest absolute Gasteiger partial charge is 0.495 e. The smallest absolute Gasteiger partial charge is 0.234 e. The molecule has 8 heteroatoms. The number of piperidine rings is 1. The number of halogens is 1. The number of thioether (sulfide) groups is 1. The van der Waals surface area contributed by atoms with Crippen LogP contribution < -0.4 is 4.74 Å². The van der Waals surface area contributed by atoms with Crippen LogP contribution in [0.4, 0.5) is 4.39 Å². The molecule has 0 bridgehead atoms. The Morgan fingerprint density at radius 2 is 1.97 bits per heavy atom. The number of hydrogen-bond donors (Lipinski definition) is 0. The van der Waals surface area contributed by atoms with Gasteiger partial charge in [-0.05, 0) is 54.8 Å². The number of aromatic nitrogens is 2. The van der Waals surface area contributed by atoms with Crippen LogP contribution in [0.2, 0.25) is 0 Å². The summed E-state index contributed by atoms with van der Waals surface area (Å²) < 4.78 is 21.3. The molecule has 3 aliphatic rings. The topological polar surface area (TPSA) is 51.9 Å². The average Bonchev–Trinajstić information content (AvgIpc) is 3.42. The third kappa shape index (κ3) is 3.71. The molecule has 180 valence electrons. The Labute approximate surface area is 208 Å². The fourth-order valence-electron chi connectivity index (χ4n) is 5.18. The molecule has 2 aromatic carbocycles.